The SMILES string of the molecule is CC1CN(C)CCC1NCC1CCCN1. The predicted molar refractivity (Wildman–Crippen MR) is 64.1 cm³/mol. The molecule has 2 aliphatic heterocycles. The Labute approximate surface area is 93.6 Å². The van der Waals surface area contributed by atoms with E-state index < -0.39 is 0 Å². The van der Waals surface area contributed by atoms with Crippen molar-refractivity contribution in [1.82, 2.24) is 15.5 Å². The van der Waals surface area contributed by atoms with Crippen molar-refractivity contribution in [2.45, 2.75) is 38.3 Å². The Hall–Kier alpha value is -0.120. The van der Waals surface area contributed by atoms with E-state index in [0.717, 1.165) is 18.0 Å². The van der Waals surface area contributed by atoms with Gasteiger partial charge in [0.2, 0.25) is 0 Å². The number of rotatable bonds is 3. The molecule has 0 aromatic rings. The third-order valence-corrected chi connectivity index (χ3v) is 3.90. The van der Waals surface area contributed by atoms with E-state index in [1.54, 1.807) is 0 Å². The van der Waals surface area contributed by atoms with E-state index in [2.05, 4.69) is 29.5 Å². The van der Waals surface area contributed by atoms with E-state index >= 15 is 0 Å². The van der Waals surface area contributed by atoms with Crippen molar-refractivity contribution in [2.75, 3.05) is 33.2 Å². The van der Waals surface area contributed by atoms with Crippen LogP contribution in [0.1, 0.15) is 26.2 Å². The highest BCUT2D eigenvalue weighted by Crippen LogP contribution is 2.15. The van der Waals surface area contributed by atoms with Crippen LogP contribution in [0.2, 0.25) is 0 Å². The lowest BCUT2D eigenvalue weighted by atomic mass is 9.94. The van der Waals surface area contributed by atoms with Crippen LogP contribution in [0.5, 0.6) is 0 Å². The summed E-state index contributed by atoms with van der Waals surface area (Å²) in [7, 11) is 2.23. The van der Waals surface area contributed by atoms with Gasteiger partial charge in [-0.15, -0.1) is 0 Å². The molecule has 2 N–H and O–H groups in total. The summed E-state index contributed by atoms with van der Waals surface area (Å²) in [6.45, 7) is 7.25. The molecule has 3 atom stereocenters. The zero-order valence-electron chi connectivity index (χ0n) is 10.1. The van der Waals surface area contributed by atoms with Crippen LogP contribution >= 0.6 is 0 Å². The van der Waals surface area contributed by atoms with Gasteiger partial charge in [-0.3, -0.25) is 0 Å². The molecular formula is C12H25N3. The Morgan fingerprint density at radius 2 is 2.27 bits per heavy atom. The zero-order valence-corrected chi connectivity index (χ0v) is 10.1. The molecule has 0 bridgehead atoms. The molecule has 0 aliphatic carbocycles. The maximum Gasteiger partial charge on any atom is 0.0193 e. The first-order valence-electron chi connectivity index (χ1n) is 6.41. The molecule has 0 aromatic heterocycles. The first kappa shape index (κ1) is 11.4. The van der Waals surface area contributed by atoms with Crippen molar-refractivity contribution in [3.05, 3.63) is 0 Å². The van der Waals surface area contributed by atoms with Gasteiger partial charge in [-0.05, 0) is 45.3 Å². The lowest BCUT2D eigenvalue weighted by Crippen LogP contribution is -2.49. The first-order valence-corrected chi connectivity index (χ1v) is 6.41. The lowest BCUT2D eigenvalue weighted by molar-refractivity contribution is 0.173. The zero-order chi connectivity index (χ0) is 10.7. The van der Waals surface area contributed by atoms with Crippen molar-refractivity contribution in [3.8, 4) is 0 Å². The number of nitrogens with zero attached hydrogens (tertiary/aromatic N) is 1. The van der Waals surface area contributed by atoms with E-state index in [1.165, 1.54) is 45.4 Å². The van der Waals surface area contributed by atoms with Gasteiger partial charge in [0.15, 0.2) is 0 Å². The van der Waals surface area contributed by atoms with Gasteiger partial charge in [0.25, 0.3) is 0 Å². The number of hydrogen-bond acceptors (Lipinski definition) is 3. The van der Waals surface area contributed by atoms with Gasteiger partial charge >= 0.3 is 0 Å². The van der Waals surface area contributed by atoms with E-state index in [9.17, 15) is 0 Å². The topological polar surface area (TPSA) is 27.3 Å². The summed E-state index contributed by atoms with van der Waals surface area (Å²) >= 11 is 0. The molecule has 3 heteroatoms. The highest BCUT2D eigenvalue weighted by atomic mass is 15.1. The Bertz CT molecular complexity index is 189. The van der Waals surface area contributed by atoms with E-state index in [4.69, 9.17) is 0 Å². The van der Waals surface area contributed by atoms with E-state index in [0.29, 0.717) is 0 Å². The summed E-state index contributed by atoms with van der Waals surface area (Å²) in [5, 5.41) is 7.29. The van der Waals surface area contributed by atoms with Crippen molar-refractivity contribution >= 4 is 0 Å². The van der Waals surface area contributed by atoms with Gasteiger partial charge in [0, 0.05) is 25.2 Å². The lowest BCUT2D eigenvalue weighted by Gasteiger charge is -2.35. The van der Waals surface area contributed by atoms with Gasteiger partial charge in [0.05, 0.1) is 0 Å². The van der Waals surface area contributed by atoms with Crippen molar-refractivity contribution in [2.24, 2.45) is 5.92 Å². The Balaban J connectivity index is 1.69. The summed E-state index contributed by atoms with van der Waals surface area (Å²) in [5.74, 6) is 0.796. The second kappa shape index (κ2) is 5.28. The minimum absolute atomic E-state index is 0.733. The summed E-state index contributed by atoms with van der Waals surface area (Å²) < 4.78 is 0. The van der Waals surface area contributed by atoms with Crippen LogP contribution in [0.15, 0.2) is 0 Å². The van der Waals surface area contributed by atoms with E-state index in [1.807, 2.05) is 0 Å². The highest BCUT2D eigenvalue weighted by molar-refractivity contribution is 4.84. The smallest absolute Gasteiger partial charge is 0.0193 e. The molecule has 15 heavy (non-hydrogen) atoms. The van der Waals surface area contributed by atoms with Gasteiger partial charge < -0.3 is 15.5 Å². The van der Waals surface area contributed by atoms with Crippen LogP contribution in [0.3, 0.4) is 0 Å². The van der Waals surface area contributed by atoms with Crippen molar-refractivity contribution in [1.29, 1.82) is 0 Å². The monoisotopic (exact) mass is 211 g/mol. The molecule has 2 fully saturated rings. The van der Waals surface area contributed by atoms with Crippen LogP contribution in [-0.2, 0) is 0 Å². The maximum atomic E-state index is 3.74. The summed E-state index contributed by atoms with van der Waals surface area (Å²) in [6, 6.07) is 1.47. The molecule has 0 spiro atoms. The summed E-state index contributed by atoms with van der Waals surface area (Å²) in [4.78, 5) is 2.44. The van der Waals surface area contributed by atoms with Crippen LogP contribution in [0.4, 0.5) is 0 Å². The van der Waals surface area contributed by atoms with Gasteiger partial charge in [-0.25, -0.2) is 0 Å². The number of likely N-dealkylation sites (tertiary alicyclic amines) is 1. The maximum absolute atomic E-state index is 3.74. The Morgan fingerprint density at radius 3 is 2.93 bits per heavy atom. The fraction of sp³-hybridized carbons (Fsp3) is 1.00. The van der Waals surface area contributed by atoms with Crippen LogP contribution < -0.4 is 10.6 Å². The minimum atomic E-state index is 0.733. The van der Waals surface area contributed by atoms with Crippen LogP contribution in [-0.4, -0.2) is 50.2 Å². The van der Waals surface area contributed by atoms with Crippen LogP contribution in [0, 0.1) is 5.92 Å². The second-order valence-corrected chi connectivity index (χ2v) is 5.34. The summed E-state index contributed by atoms with van der Waals surface area (Å²) in [5.41, 5.74) is 0. The van der Waals surface area contributed by atoms with Gasteiger partial charge in [0.1, 0.15) is 0 Å². The standard InChI is InChI=1S/C12H25N3/c1-10-9-15(2)7-5-12(10)14-8-11-4-3-6-13-11/h10-14H,3-9H2,1-2H3. The molecule has 0 amide bonds. The quantitative estimate of drug-likeness (QED) is 0.718. The number of piperidine rings is 1. The third kappa shape index (κ3) is 3.16. The van der Waals surface area contributed by atoms with E-state index in [-0.39, 0.29) is 0 Å². The second-order valence-electron chi connectivity index (χ2n) is 5.34. The molecule has 2 rings (SSSR count). The first-order chi connectivity index (χ1) is 7.25. The minimum Gasteiger partial charge on any atom is -0.313 e. The normalized spacial score (nSPS) is 38.4. The molecule has 2 saturated heterocycles. The molecule has 3 nitrogen and oxygen atoms in total. The summed E-state index contributed by atoms with van der Waals surface area (Å²) in [6.07, 6.45) is 4.02. The molecule has 0 radical (unpaired) electrons. The molecule has 2 aliphatic rings. The molecule has 0 saturated carbocycles. The van der Waals surface area contributed by atoms with Gasteiger partial charge in [-0.1, -0.05) is 6.92 Å². The molecule has 2 heterocycles. The number of hydrogen-bond donors (Lipinski definition) is 2. The Kier molecular flexibility index (Phi) is 4.00. The number of nitrogens with one attached hydrogen (secondary N) is 2. The van der Waals surface area contributed by atoms with Crippen molar-refractivity contribution in [3.63, 3.8) is 0 Å². The average molecular weight is 211 g/mol. The van der Waals surface area contributed by atoms with Crippen LogP contribution in [0.25, 0.3) is 0 Å². The Morgan fingerprint density at radius 1 is 1.40 bits per heavy atom. The predicted octanol–water partition coefficient (Wildman–Crippen LogP) is 0.668. The molecule has 88 valence electrons. The van der Waals surface area contributed by atoms with Gasteiger partial charge in [-0.2, -0.15) is 0 Å². The molecule has 0 aromatic carbocycles. The largest absolute Gasteiger partial charge is 0.313 e. The molecular weight excluding hydrogens is 186 g/mol. The third-order valence-electron chi connectivity index (χ3n) is 3.90. The average Bonchev–Trinajstić information content (AvgIpc) is 2.69. The van der Waals surface area contributed by atoms with Crippen molar-refractivity contribution < 1.29 is 0 Å². The highest BCUT2D eigenvalue weighted by Gasteiger charge is 2.24. The fourth-order valence-electron chi connectivity index (χ4n) is 2.88. The molecule has 3 unspecified atom stereocenters. The fourth-order valence-corrected chi connectivity index (χ4v) is 2.88.